The van der Waals surface area contributed by atoms with Gasteiger partial charge < -0.3 is 25.6 Å². The number of ether oxygens (including phenoxy) is 1. The van der Waals surface area contributed by atoms with Gasteiger partial charge in [0.25, 0.3) is 0 Å². The van der Waals surface area contributed by atoms with Crippen molar-refractivity contribution in [1.29, 1.82) is 0 Å². The van der Waals surface area contributed by atoms with E-state index in [9.17, 15) is 0 Å². The second kappa shape index (κ2) is 12.4. The van der Waals surface area contributed by atoms with Crippen LogP contribution in [0.25, 0.3) is 0 Å². The number of aliphatic imine (C=N–C) groups is 1. The molecule has 1 fully saturated rings. The predicted octanol–water partition coefficient (Wildman–Crippen LogP) is 0.429. The van der Waals surface area contributed by atoms with Gasteiger partial charge in [0.2, 0.25) is 0 Å². The molecule has 0 amide bonds. The van der Waals surface area contributed by atoms with Crippen molar-refractivity contribution in [3.8, 4) is 0 Å². The Hall–Kier alpha value is -0.120. The van der Waals surface area contributed by atoms with Gasteiger partial charge in [0.1, 0.15) is 0 Å². The molecule has 1 saturated heterocycles. The fourth-order valence-corrected chi connectivity index (χ4v) is 2.38. The van der Waals surface area contributed by atoms with Crippen LogP contribution in [0.5, 0.6) is 0 Å². The standard InChI is InChI=1S/C14H31N5O.HI/c1-4-18-6-8-19(9-7-18)12-13(2)11-17-14(15)16-5-10-20-3;/h13H,4-12H2,1-3H3,(H3,15,16,17);1H. The van der Waals surface area contributed by atoms with Gasteiger partial charge in [-0.25, -0.2) is 0 Å². The number of likely N-dealkylation sites (N-methyl/N-ethyl adjacent to an activating group) is 1. The van der Waals surface area contributed by atoms with E-state index in [0.29, 0.717) is 25.0 Å². The fraction of sp³-hybridized carbons (Fsp3) is 0.929. The SMILES string of the molecule is CCN1CCN(CC(C)CN=C(N)NCCOC)CC1.I. The predicted molar refractivity (Wildman–Crippen MR) is 99.5 cm³/mol. The van der Waals surface area contributed by atoms with Crippen LogP contribution in [0.4, 0.5) is 0 Å². The number of hydrogen-bond acceptors (Lipinski definition) is 4. The van der Waals surface area contributed by atoms with Crippen molar-refractivity contribution in [2.24, 2.45) is 16.6 Å². The molecule has 1 atom stereocenters. The summed E-state index contributed by atoms with van der Waals surface area (Å²) < 4.78 is 4.95. The number of hydrogen-bond donors (Lipinski definition) is 2. The minimum atomic E-state index is 0. The summed E-state index contributed by atoms with van der Waals surface area (Å²) in [6, 6.07) is 0. The van der Waals surface area contributed by atoms with Gasteiger partial charge in [-0.15, -0.1) is 24.0 Å². The molecular formula is C14H32IN5O. The van der Waals surface area contributed by atoms with Gasteiger partial charge in [0, 0.05) is 52.9 Å². The second-order valence-electron chi connectivity index (χ2n) is 5.49. The molecule has 1 aliphatic heterocycles. The Labute approximate surface area is 146 Å². The Bertz CT molecular complexity index is 283. The Kier molecular flexibility index (Phi) is 12.4. The van der Waals surface area contributed by atoms with Gasteiger partial charge in [-0.05, 0) is 12.5 Å². The highest BCUT2D eigenvalue weighted by atomic mass is 127. The van der Waals surface area contributed by atoms with Crippen LogP contribution in [0, 0.1) is 5.92 Å². The number of piperazine rings is 1. The summed E-state index contributed by atoms with van der Waals surface area (Å²) in [5, 5.41) is 3.04. The van der Waals surface area contributed by atoms with Crippen LogP contribution in [0.2, 0.25) is 0 Å². The molecule has 0 aromatic carbocycles. The van der Waals surface area contributed by atoms with Crippen molar-refractivity contribution < 1.29 is 4.74 Å². The first-order valence-electron chi connectivity index (χ1n) is 7.63. The third kappa shape index (κ3) is 9.49. The third-order valence-electron chi connectivity index (χ3n) is 3.67. The molecule has 1 aliphatic rings. The van der Waals surface area contributed by atoms with E-state index < -0.39 is 0 Å². The Morgan fingerprint density at radius 2 is 1.90 bits per heavy atom. The van der Waals surface area contributed by atoms with E-state index in [1.165, 1.54) is 26.2 Å². The molecule has 0 bridgehead atoms. The van der Waals surface area contributed by atoms with E-state index in [-0.39, 0.29) is 24.0 Å². The van der Waals surface area contributed by atoms with Gasteiger partial charge in [-0.2, -0.15) is 0 Å². The monoisotopic (exact) mass is 413 g/mol. The van der Waals surface area contributed by atoms with Gasteiger partial charge in [-0.1, -0.05) is 13.8 Å². The first kappa shape index (κ1) is 20.9. The number of rotatable bonds is 8. The quantitative estimate of drug-likeness (QED) is 0.262. The average molecular weight is 413 g/mol. The van der Waals surface area contributed by atoms with Crippen LogP contribution in [0.15, 0.2) is 4.99 Å². The summed E-state index contributed by atoms with van der Waals surface area (Å²) in [7, 11) is 1.68. The van der Waals surface area contributed by atoms with Crippen LogP contribution in [0.3, 0.4) is 0 Å². The van der Waals surface area contributed by atoms with E-state index in [4.69, 9.17) is 10.5 Å². The summed E-state index contributed by atoms with van der Waals surface area (Å²) in [6.45, 7) is 13.6. The maximum absolute atomic E-state index is 5.80. The zero-order chi connectivity index (χ0) is 14.8. The lowest BCUT2D eigenvalue weighted by atomic mass is 10.1. The normalized spacial score (nSPS) is 19.1. The van der Waals surface area contributed by atoms with E-state index in [0.717, 1.165) is 19.6 Å². The lowest BCUT2D eigenvalue weighted by Gasteiger charge is -2.35. The molecule has 1 rings (SSSR count). The average Bonchev–Trinajstić information content (AvgIpc) is 2.46. The molecule has 0 spiro atoms. The van der Waals surface area contributed by atoms with E-state index in [1.807, 2.05) is 0 Å². The second-order valence-corrected chi connectivity index (χ2v) is 5.49. The Morgan fingerprint density at radius 1 is 1.29 bits per heavy atom. The van der Waals surface area contributed by atoms with Crippen molar-refractivity contribution in [1.82, 2.24) is 15.1 Å². The zero-order valence-corrected chi connectivity index (χ0v) is 16.0. The molecule has 1 unspecified atom stereocenters. The van der Waals surface area contributed by atoms with Crippen molar-refractivity contribution in [2.45, 2.75) is 13.8 Å². The van der Waals surface area contributed by atoms with Crippen LogP contribution in [0.1, 0.15) is 13.8 Å². The number of nitrogens with two attached hydrogens (primary N) is 1. The number of halogens is 1. The van der Waals surface area contributed by atoms with E-state index in [2.05, 4.69) is 34.0 Å². The lowest BCUT2D eigenvalue weighted by Crippen LogP contribution is -2.47. The highest BCUT2D eigenvalue weighted by Gasteiger charge is 2.17. The van der Waals surface area contributed by atoms with Crippen molar-refractivity contribution >= 4 is 29.9 Å². The topological polar surface area (TPSA) is 66.1 Å². The number of nitrogens with zero attached hydrogens (tertiary/aromatic N) is 3. The number of guanidine groups is 1. The summed E-state index contributed by atoms with van der Waals surface area (Å²) in [4.78, 5) is 9.41. The molecule has 0 aromatic heterocycles. The molecule has 0 aliphatic carbocycles. The van der Waals surface area contributed by atoms with Crippen molar-refractivity contribution in [2.75, 3.05) is 66.1 Å². The number of nitrogens with one attached hydrogen (secondary N) is 1. The van der Waals surface area contributed by atoms with Crippen molar-refractivity contribution in [3.05, 3.63) is 0 Å². The summed E-state index contributed by atoms with van der Waals surface area (Å²) in [6.07, 6.45) is 0. The minimum absolute atomic E-state index is 0. The first-order chi connectivity index (χ1) is 9.65. The molecule has 3 N–H and O–H groups in total. The highest BCUT2D eigenvalue weighted by molar-refractivity contribution is 14.0. The molecule has 0 aromatic rings. The number of methoxy groups -OCH3 is 1. The summed E-state index contributed by atoms with van der Waals surface area (Å²) in [5.74, 6) is 1.05. The molecular weight excluding hydrogens is 381 g/mol. The summed E-state index contributed by atoms with van der Waals surface area (Å²) in [5.41, 5.74) is 5.80. The maximum atomic E-state index is 5.80. The minimum Gasteiger partial charge on any atom is -0.383 e. The van der Waals surface area contributed by atoms with Crippen LogP contribution in [-0.4, -0.2) is 81.8 Å². The highest BCUT2D eigenvalue weighted by Crippen LogP contribution is 2.05. The molecule has 7 heteroatoms. The van der Waals surface area contributed by atoms with Gasteiger partial charge in [0.05, 0.1) is 6.61 Å². The molecule has 6 nitrogen and oxygen atoms in total. The van der Waals surface area contributed by atoms with Crippen LogP contribution in [-0.2, 0) is 4.74 Å². The van der Waals surface area contributed by atoms with Gasteiger partial charge in [-0.3, -0.25) is 4.99 Å². The van der Waals surface area contributed by atoms with Crippen molar-refractivity contribution in [3.63, 3.8) is 0 Å². The van der Waals surface area contributed by atoms with Gasteiger partial charge in [0.15, 0.2) is 5.96 Å². The van der Waals surface area contributed by atoms with E-state index in [1.54, 1.807) is 7.11 Å². The molecule has 126 valence electrons. The van der Waals surface area contributed by atoms with E-state index >= 15 is 0 Å². The smallest absolute Gasteiger partial charge is 0.188 e. The van der Waals surface area contributed by atoms with Crippen LogP contribution < -0.4 is 11.1 Å². The molecule has 1 heterocycles. The van der Waals surface area contributed by atoms with Crippen LogP contribution >= 0.6 is 24.0 Å². The third-order valence-corrected chi connectivity index (χ3v) is 3.67. The largest absolute Gasteiger partial charge is 0.383 e. The Morgan fingerprint density at radius 3 is 2.48 bits per heavy atom. The first-order valence-corrected chi connectivity index (χ1v) is 7.63. The van der Waals surface area contributed by atoms with Gasteiger partial charge >= 0.3 is 0 Å². The summed E-state index contributed by atoms with van der Waals surface area (Å²) >= 11 is 0. The maximum Gasteiger partial charge on any atom is 0.188 e. The molecule has 0 radical (unpaired) electrons. The fourth-order valence-electron chi connectivity index (χ4n) is 2.38. The molecule has 0 saturated carbocycles. The Balaban J connectivity index is 0.00000400. The lowest BCUT2D eigenvalue weighted by molar-refractivity contribution is 0.125. The zero-order valence-electron chi connectivity index (χ0n) is 13.7. The molecule has 21 heavy (non-hydrogen) atoms.